The zero-order chi connectivity index (χ0) is 18.5. The Morgan fingerprint density at radius 3 is 2.58 bits per heavy atom. The number of carbonyl (C=O) groups excluding carboxylic acids is 1. The fourth-order valence-corrected chi connectivity index (χ4v) is 6.03. The van der Waals surface area contributed by atoms with Crippen molar-refractivity contribution in [2.24, 2.45) is 5.41 Å². The summed E-state index contributed by atoms with van der Waals surface area (Å²) in [7, 11) is 0. The van der Waals surface area contributed by atoms with Crippen molar-refractivity contribution >= 4 is 11.9 Å². The summed E-state index contributed by atoms with van der Waals surface area (Å²) in [6, 6.07) is 8.32. The van der Waals surface area contributed by atoms with E-state index < -0.39 is 5.97 Å². The molecule has 2 saturated heterocycles. The SMILES string of the molecule is CC(=O)N1[C@@H]2CN(Cc3ccccc3C(=O)O)[C@@H]3CCCC[C@H]1[C@]3(C)C2. The number of carbonyl (C=O) groups is 2. The first-order valence-electron chi connectivity index (χ1n) is 9.76. The molecule has 0 radical (unpaired) electrons. The van der Waals surface area contributed by atoms with Crippen LogP contribution in [0, 0.1) is 5.41 Å². The number of nitrogens with zero attached hydrogens (tertiary/aromatic N) is 2. The molecule has 2 aliphatic heterocycles. The third-order valence-corrected chi connectivity index (χ3v) is 7.00. The van der Waals surface area contributed by atoms with Crippen LogP contribution in [0.1, 0.15) is 61.9 Å². The topological polar surface area (TPSA) is 60.9 Å². The van der Waals surface area contributed by atoms with Gasteiger partial charge < -0.3 is 10.0 Å². The Kier molecular flexibility index (Phi) is 4.30. The third kappa shape index (κ3) is 2.64. The molecule has 3 aliphatic rings. The molecule has 2 bridgehead atoms. The summed E-state index contributed by atoms with van der Waals surface area (Å²) in [6.45, 7) is 5.56. The minimum Gasteiger partial charge on any atom is -0.478 e. The number of piperidine rings is 1. The largest absolute Gasteiger partial charge is 0.478 e. The maximum atomic E-state index is 12.4. The number of hydrogen-bond donors (Lipinski definition) is 1. The van der Waals surface area contributed by atoms with E-state index in [1.807, 2.05) is 12.1 Å². The van der Waals surface area contributed by atoms with Crippen LogP contribution < -0.4 is 0 Å². The lowest BCUT2D eigenvalue weighted by Crippen LogP contribution is -2.53. The number of carboxylic acids is 1. The Labute approximate surface area is 155 Å². The van der Waals surface area contributed by atoms with E-state index in [1.165, 1.54) is 12.8 Å². The van der Waals surface area contributed by atoms with Crippen molar-refractivity contribution in [1.29, 1.82) is 0 Å². The Morgan fingerprint density at radius 1 is 1.19 bits per heavy atom. The average Bonchev–Trinajstić information content (AvgIpc) is 2.70. The highest BCUT2D eigenvalue weighted by atomic mass is 16.4. The molecule has 3 fully saturated rings. The van der Waals surface area contributed by atoms with Crippen LogP contribution >= 0.6 is 0 Å². The molecule has 2 heterocycles. The molecular weight excluding hydrogens is 328 g/mol. The van der Waals surface area contributed by atoms with Crippen LogP contribution in [0.2, 0.25) is 0 Å². The number of fused-ring (bicyclic) bond motifs is 1. The van der Waals surface area contributed by atoms with Crippen LogP contribution in [0.3, 0.4) is 0 Å². The van der Waals surface area contributed by atoms with Crippen molar-refractivity contribution in [1.82, 2.24) is 9.80 Å². The molecule has 0 spiro atoms. The van der Waals surface area contributed by atoms with E-state index in [9.17, 15) is 14.7 Å². The maximum absolute atomic E-state index is 12.4. The molecule has 5 nitrogen and oxygen atoms in total. The molecule has 1 aliphatic carbocycles. The molecule has 140 valence electrons. The lowest BCUT2D eigenvalue weighted by atomic mass is 9.71. The molecule has 1 aromatic carbocycles. The third-order valence-electron chi connectivity index (χ3n) is 7.00. The molecule has 1 amide bonds. The summed E-state index contributed by atoms with van der Waals surface area (Å²) >= 11 is 0. The van der Waals surface area contributed by atoms with Gasteiger partial charge in [-0.15, -0.1) is 0 Å². The molecule has 0 aromatic heterocycles. The van der Waals surface area contributed by atoms with Crippen LogP contribution in [0.15, 0.2) is 24.3 Å². The van der Waals surface area contributed by atoms with Crippen molar-refractivity contribution in [3.05, 3.63) is 35.4 Å². The molecule has 0 unspecified atom stereocenters. The zero-order valence-corrected chi connectivity index (χ0v) is 15.6. The highest BCUT2D eigenvalue weighted by Gasteiger charge is 2.59. The Balaban J connectivity index is 1.69. The van der Waals surface area contributed by atoms with Gasteiger partial charge in [0.1, 0.15) is 0 Å². The fourth-order valence-electron chi connectivity index (χ4n) is 6.03. The normalized spacial score (nSPS) is 33.8. The second-order valence-electron chi connectivity index (χ2n) is 8.50. The van der Waals surface area contributed by atoms with Gasteiger partial charge >= 0.3 is 5.97 Å². The Bertz CT molecular complexity index is 734. The van der Waals surface area contributed by atoms with E-state index in [0.29, 0.717) is 24.2 Å². The number of rotatable bonds is 3. The maximum Gasteiger partial charge on any atom is 0.336 e. The second kappa shape index (κ2) is 6.38. The predicted octanol–water partition coefficient (Wildman–Crippen LogP) is 3.14. The van der Waals surface area contributed by atoms with E-state index in [4.69, 9.17) is 0 Å². The van der Waals surface area contributed by atoms with Gasteiger partial charge in [-0.3, -0.25) is 9.69 Å². The van der Waals surface area contributed by atoms with E-state index in [-0.39, 0.29) is 17.4 Å². The van der Waals surface area contributed by atoms with Gasteiger partial charge in [0.2, 0.25) is 5.91 Å². The average molecular weight is 356 g/mol. The predicted molar refractivity (Wildman–Crippen MR) is 98.9 cm³/mol. The molecule has 1 aromatic rings. The van der Waals surface area contributed by atoms with Crippen molar-refractivity contribution in [3.8, 4) is 0 Å². The van der Waals surface area contributed by atoms with Gasteiger partial charge in [0.15, 0.2) is 0 Å². The molecule has 1 saturated carbocycles. The number of hydrogen-bond acceptors (Lipinski definition) is 3. The molecule has 5 heteroatoms. The van der Waals surface area contributed by atoms with Crippen molar-refractivity contribution < 1.29 is 14.7 Å². The number of aromatic carboxylic acids is 1. The summed E-state index contributed by atoms with van der Waals surface area (Å²) in [6.07, 6.45) is 5.68. The lowest BCUT2D eigenvalue weighted by molar-refractivity contribution is -0.132. The molecule has 4 rings (SSSR count). The monoisotopic (exact) mass is 356 g/mol. The van der Waals surface area contributed by atoms with Crippen molar-refractivity contribution in [2.45, 2.75) is 70.6 Å². The van der Waals surface area contributed by atoms with Gasteiger partial charge in [-0.1, -0.05) is 38.0 Å². The Hall–Kier alpha value is -1.88. The number of carboxylic acid groups (broad SMARTS) is 1. The smallest absolute Gasteiger partial charge is 0.336 e. The summed E-state index contributed by atoms with van der Waals surface area (Å²) < 4.78 is 0. The Morgan fingerprint density at radius 2 is 1.88 bits per heavy atom. The molecule has 1 N–H and O–H groups in total. The van der Waals surface area contributed by atoms with Gasteiger partial charge in [0.25, 0.3) is 0 Å². The number of likely N-dealkylation sites (tertiary alicyclic amines) is 2. The summed E-state index contributed by atoms with van der Waals surface area (Å²) in [5.41, 5.74) is 1.38. The van der Waals surface area contributed by atoms with Gasteiger partial charge in [-0.2, -0.15) is 0 Å². The quantitative estimate of drug-likeness (QED) is 0.904. The first-order chi connectivity index (χ1) is 12.4. The standard InChI is InChI=1S/C21H28N2O3/c1-14(24)23-16-11-21(2)18(9-5-6-10-19(21)23)22(13-16)12-15-7-3-4-8-17(15)20(25)26/h3-4,7-8,16,18-19H,5-6,9-13H2,1-2H3,(H,25,26)/t16-,18+,19-,21+/m0/s1. The highest BCUT2D eigenvalue weighted by molar-refractivity contribution is 5.89. The zero-order valence-electron chi connectivity index (χ0n) is 15.6. The first kappa shape index (κ1) is 17.5. The molecular formula is C21H28N2O3. The van der Waals surface area contributed by atoms with Crippen molar-refractivity contribution in [3.63, 3.8) is 0 Å². The van der Waals surface area contributed by atoms with Crippen LogP contribution in [0.5, 0.6) is 0 Å². The van der Waals surface area contributed by atoms with Crippen LogP contribution in [0.25, 0.3) is 0 Å². The van der Waals surface area contributed by atoms with Crippen LogP contribution in [0.4, 0.5) is 0 Å². The lowest BCUT2D eigenvalue weighted by Gasteiger charge is -2.46. The number of benzene rings is 1. The minimum absolute atomic E-state index is 0.114. The number of amides is 1. The van der Waals surface area contributed by atoms with Crippen molar-refractivity contribution in [2.75, 3.05) is 6.54 Å². The molecule has 26 heavy (non-hydrogen) atoms. The van der Waals surface area contributed by atoms with E-state index >= 15 is 0 Å². The van der Waals surface area contributed by atoms with Gasteiger partial charge in [-0.25, -0.2) is 4.79 Å². The highest BCUT2D eigenvalue weighted by Crippen LogP contribution is 2.53. The van der Waals surface area contributed by atoms with E-state index in [2.05, 4.69) is 16.7 Å². The summed E-state index contributed by atoms with van der Waals surface area (Å²) in [5, 5.41) is 9.53. The van der Waals surface area contributed by atoms with Crippen LogP contribution in [-0.2, 0) is 11.3 Å². The van der Waals surface area contributed by atoms with E-state index in [0.717, 1.165) is 31.4 Å². The minimum atomic E-state index is -0.865. The fraction of sp³-hybridized carbons (Fsp3) is 0.619. The van der Waals surface area contributed by atoms with Gasteiger partial charge in [0, 0.05) is 43.6 Å². The summed E-state index contributed by atoms with van der Waals surface area (Å²) in [5.74, 6) is -0.673. The second-order valence-corrected chi connectivity index (χ2v) is 8.50. The molecule has 4 atom stereocenters. The summed E-state index contributed by atoms with van der Waals surface area (Å²) in [4.78, 5) is 28.6. The van der Waals surface area contributed by atoms with Crippen LogP contribution in [-0.4, -0.2) is 51.5 Å². The van der Waals surface area contributed by atoms with Gasteiger partial charge in [0.05, 0.1) is 5.56 Å². The van der Waals surface area contributed by atoms with Gasteiger partial charge in [-0.05, 0) is 30.9 Å². The van der Waals surface area contributed by atoms with E-state index in [1.54, 1.807) is 19.1 Å². The first-order valence-corrected chi connectivity index (χ1v) is 9.76.